The second kappa shape index (κ2) is 5.67. The van der Waals surface area contributed by atoms with Gasteiger partial charge < -0.3 is 9.84 Å². The molecule has 0 radical (unpaired) electrons. The Bertz CT molecular complexity index is 855. The Morgan fingerprint density at radius 3 is 3.00 bits per heavy atom. The summed E-state index contributed by atoms with van der Waals surface area (Å²) in [6.45, 7) is 0.689. The molecule has 118 valence electrons. The number of ether oxygens (including phenoxy) is 1. The molecule has 23 heavy (non-hydrogen) atoms. The van der Waals surface area contributed by atoms with Gasteiger partial charge in [-0.2, -0.15) is 5.10 Å². The zero-order valence-corrected chi connectivity index (χ0v) is 12.9. The number of carboxylic acid groups (broad SMARTS) is 1. The second-order valence-electron chi connectivity index (χ2n) is 5.29. The Labute approximate surface area is 134 Å². The second-order valence-corrected chi connectivity index (χ2v) is 6.07. The first-order valence-corrected chi connectivity index (χ1v) is 8.02. The van der Waals surface area contributed by atoms with E-state index < -0.39 is 5.97 Å². The largest absolute Gasteiger partial charge is 0.476 e. The van der Waals surface area contributed by atoms with Crippen molar-refractivity contribution in [3.63, 3.8) is 0 Å². The molecule has 1 unspecified atom stereocenters. The minimum absolute atomic E-state index is 0.0204. The van der Waals surface area contributed by atoms with Gasteiger partial charge >= 0.3 is 5.97 Å². The number of nitrogens with zero attached hydrogens (tertiary/aromatic N) is 5. The summed E-state index contributed by atoms with van der Waals surface area (Å²) in [5.41, 5.74) is 1.21. The first-order valence-electron chi connectivity index (χ1n) is 7.25. The van der Waals surface area contributed by atoms with Crippen LogP contribution in [0.1, 0.15) is 36.0 Å². The number of carboxylic acids is 1. The van der Waals surface area contributed by atoms with Crippen molar-refractivity contribution < 1.29 is 14.6 Å². The van der Waals surface area contributed by atoms with Gasteiger partial charge in [0, 0.05) is 6.61 Å². The number of aromatic nitrogens is 5. The molecule has 0 aromatic carbocycles. The molecule has 0 aliphatic carbocycles. The maximum Gasteiger partial charge on any atom is 0.355 e. The quantitative estimate of drug-likeness (QED) is 0.785. The number of carbonyl (C=O) groups is 1. The van der Waals surface area contributed by atoms with Crippen LogP contribution in [0.5, 0.6) is 0 Å². The molecule has 0 spiro atoms. The Morgan fingerprint density at radius 1 is 1.39 bits per heavy atom. The molecule has 0 saturated carbocycles. The van der Waals surface area contributed by atoms with Crippen molar-refractivity contribution in [2.75, 3.05) is 6.61 Å². The Kier molecular flexibility index (Phi) is 3.50. The summed E-state index contributed by atoms with van der Waals surface area (Å²) < 4.78 is 11.3. The molecule has 1 aliphatic heterocycles. The van der Waals surface area contributed by atoms with E-state index in [0.717, 1.165) is 19.3 Å². The van der Waals surface area contributed by atoms with Crippen LogP contribution < -0.4 is 0 Å². The van der Waals surface area contributed by atoms with E-state index in [-0.39, 0.29) is 11.9 Å². The van der Waals surface area contributed by atoms with Gasteiger partial charge in [-0.15, -0.1) is 5.10 Å². The summed E-state index contributed by atoms with van der Waals surface area (Å²) in [5, 5.41) is 18.1. The fourth-order valence-electron chi connectivity index (χ4n) is 2.76. The standard InChI is InChI=1S/C14H13N5O3S/c20-14(21)13-8-6-16-19(12-3-1-2-4-22-12)10(8)5-9(17-13)11-7-15-18-23-11/h5-7,12H,1-4H2,(H,20,21). The topological polar surface area (TPSA) is 103 Å². The fourth-order valence-corrected chi connectivity index (χ4v) is 3.23. The van der Waals surface area contributed by atoms with E-state index in [4.69, 9.17) is 4.74 Å². The molecule has 1 fully saturated rings. The molecule has 0 bridgehead atoms. The van der Waals surface area contributed by atoms with E-state index in [0.29, 0.717) is 28.1 Å². The molecule has 0 amide bonds. The summed E-state index contributed by atoms with van der Waals surface area (Å²) in [7, 11) is 0. The van der Waals surface area contributed by atoms with Crippen molar-refractivity contribution in [2.24, 2.45) is 0 Å². The van der Waals surface area contributed by atoms with E-state index in [1.165, 1.54) is 11.5 Å². The molecule has 4 heterocycles. The minimum atomic E-state index is -1.08. The van der Waals surface area contributed by atoms with Crippen molar-refractivity contribution in [2.45, 2.75) is 25.5 Å². The maximum atomic E-state index is 11.6. The number of aromatic carboxylic acids is 1. The van der Waals surface area contributed by atoms with Crippen LogP contribution in [0.25, 0.3) is 21.5 Å². The molecule has 1 aliphatic rings. The van der Waals surface area contributed by atoms with Gasteiger partial charge in [-0.05, 0) is 36.9 Å². The van der Waals surface area contributed by atoms with Crippen LogP contribution in [0.4, 0.5) is 0 Å². The fraction of sp³-hybridized carbons (Fsp3) is 0.357. The number of hydrogen-bond acceptors (Lipinski definition) is 7. The predicted molar refractivity (Wildman–Crippen MR) is 82.2 cm³/mol. The zero-order chi connectivity index (χ0) is 15.8. The van der Waals surface area contributed by atoms with E-state index in [1.807, 2.05) is 6.07 Å². The van der Waals surface area contributed by atoms with Crippen molar-refractivity contribution in [3.05, 3.63) is 24.2 Å². The van der Waals surface area contributed by atoms with Crippen LogP contribution in [-0.2, 0) is 4.74 Å². The van der Waals surface area contributed by atoms with Crippen molar-refractivity contribution in [1.82, 2.24) is 24.4 Å². The van der Waals surface area contributed by atoms with Gasteiger partial charge in [0.25, 0.3) is 0 Å². The molecule has 4 rings (SSSR count). The first kappa shape index (κ1) is 14.2. The Balaban J connectivity index is 1.91. The summed E-state index contributed by atoms with van der Waals surface area (Å²) >= 11 is 1.17. The smallest absolute Gasteiger partial charge is 0.355 e. The molecule has 1 saturated heterocycles. The third-order valence-corrected chi connectivity index (χ3v) is 4.53. The molecular weight excluding hydrogens is 318 g/mol. The van der Waals surface area contributed by atoms with Crippen LogP contribution in [0.15, 0.2) is 18.5 Å². The lowest BCUT2D eigenvalue weighted by Crippen LogP contribution is -2.19. The lowest BCUT2D eigenvalue weighted by molar-refractivity contribution is -0.0366. The van der Waals surface area contributed by atoms with E-state index in [2.05, 4.69) is 19.7 Å². The highest BCUT2D eigenvalue weighted by Gasteiger charge is 2.23. The van der Waals surface area contributed by atoms with Gasteiger partial charge in [-0.1, -0.05) is 4.49 Å². The van der Waals surface area contributed by atoms with Gasteiger partial charge in [-0.3, -0.25) is 0 Å². The molecule has 8 nitrogen and oxygen atoms in total. The lowest BCUT2D eigenvalue weighted by Gasteiger charge is -2.23. The normalized spacial score (nSPS) is 18.3. The lowest BCUT2D eigenvalue weighted by atomic mass is 10.1. The first-order chi connectivity index (χ1) is 11.2. The molecule has 9 heteroatoms. The van der Waals surface area contributed by atoms with E-state index >= 15 is 0 Å². The summed E-state index contributed by atoms with van der Waals surface area (Å²) in [5.74, 6) is -1.08. The monoisotopic (exact) mass is 331 g/mol. The van der Waals surface area contributed by atoms with Gasteiger partial charge in [-0.25, -0.2) is 14.5 Å². The van der Waals surface area contributed by atoms with Crippen LogP contribution in [0, 0.1) is 0 Å². The van der Waals surface area contributed by atoms with Crippen LogP contribution in [-0.4, -0.2) is 42.0 Å². The van der Waals surface area contributed by atoms with Gasteiger partial charge in [0.1, 0.15) is 0 Å². The number of rotatable bonds is 3. The Hall–Kier alpha value is -2.39. The number of fused-ring (bicyclic) bond motifs is 1. The van der Waals surface area contributed by atoms with Crippen molar-refractivity contribution in [3.8, 4) is 10.6 Å². The third-order valence-electron chi connectivity index (χ3n) is 3.84. The Morgan fingerprint density at radius 2 is 2.30 bits per heavy atom. The van der Waals surface area contributed by atoms with Gasteiger partial charge in [0.05, 0.1) is 33.9 Å². The summed E-state index contributed by atoms with van der Waals surface area (Å²) in [4.78, 5) is 16.5. The minimum Gasteiger partial charge on any atom is -0.476 e. The highest BCUT2D eigenvalue weighted by Crippen LogP contribution is 2.30. The average Bonchev–Trinajstić information content (AvgIpc) is 3.24. The van der Waals surface area contributed by atoms with Gasteiger partial charge in [0.2, 0.25) is 0 Å². The van der Waals surface area contributed by atoms with Crippen molar-refractivity contribution >= 4 is 28.4 Å². The van der Waals surface area contributed by atoms with Crippen molar-refractivity contribution in [1.29, 1.82) is 0 Å². The average molecular weight is 331 g/mol. The molecule has 3 aromatic rings. The number of pyridine rings is 1. The molecule has 1 atom stereocenters. The van der Waals surface area contributed by atoms with E-state index in [9.17, 15) is 9.90 Å². The zero-order valence-electron chi connectivity index (χ0n) is 12.0. The van der Waals surface area contributed by atoms with E-state index in [1.54, 1.807) is 17.1 Å². The highest BCUT2D eigenvalue weighted by atomic mass is 32.1. The molecular formula is C14H13N5O3S. The summed E-state index contributed by atoms with van der Waals surface area (Å²) in [6.07, 6.45) is 5.90. The van der Waals surface area contributed by atoms with Crippen LogP contribution in [0.2, 0.25) is 0 Å². The SMILES string of the molecule is O=C(O)c1nc(-c2cnns2)cc2c1cnn2C1CCCCO1. The van der Waals surface area contributed by atoms with Gasteiger partial charge in [0.15, 0.2) is 11.9 Å². The number of hydrogen-bond donors (Lipinski definition) is 1. The maximum absolute atomic E-state index is 11.6. The summed E-state index contributed by atoms with van der Waals surface area (Å²) in [6, 6.07) is 1.82. The van der Waals surface area contributed by atoms with Crippen LogP contribution in [0.3, 0.4) is 0 Å². The highest BCUT2D eigenvalue weighted by molar-refractivity contribution is 7.09. The third kappa shape index (κ3) is 2.47. The molecule has 1 N–H and O–H groups in total. The van der Waals surface area contributed by atoms with Crippen LogP contribution >= 0.6 is 11.5 Å². The molecule has 3 aromatic heterocycles. The predicted octanol–water partition coefficient (Wildman–Crippen LogP) is 2.35.